The molecule has 0 bridgehead atoms. The lowest BCUT2D eigenvalue weighted by atomic mass is 10.2. The summed E-state index contributed by atoms with van der Waals surface area (Å²) in [4.78, 5) is 24.9. The second-order valence-electron chi connectivity index (χ2n) is 6.87. The van der Waals surface area contributed by atoms with Crippen molar-refractivity contribution in [1.82, 2.24) is 19.9 Å². The number of ether oxygens (including phenoxy) is 1. The number of methoxy groups -OCH3 is 1. The Labute approximate surface area is 189 Å². The summed E-state index contributed by atoms with van der Waals surface area (Å²) in [6.45, 7) is 0.436. The number of thioether (sulfide) groups is 1. The molecule has 2 N–H and O–H groups in total. The van der Waals surface area contributed by atoms with E-state index in [9.17, 15) is 9.59 Å². The van der Waals surface area contributed by atoms with Gasteiger partial charge in [-0.3, -0.25) is 14.0 Å². The topological polar surface area (TPSA) is 97.6 Å². The van der Waals surface area contributed by atoms with Crippen LogP contribution >= 0.6 is 11.8 Å². The van der Waals surface area contributed by atoms with Gasteiger partial charge in [-0.2, -0.15) is 0 Å². The number of benzene rings is 2. The molecule has 9 heteroatoms. The molecule has 0 unspecified atom stereocenters. The number of carbonyl (C=O) groups excluding carboxylic acids is 2. The number of hydrogen-bond acceptors (Lipinski definition) is 6. The van der Waals surface area contributed by atoms with Crippen LogP contribution in [0.5, 0.6) is 5.75 Å². The van der Waals surface area contributed by atoms with Crippen molar-refractivity contribution in [3.05, 3.63) is 84.1 Å². The van der Waals surface area contributed by atoms with Crippen LogP contribution in [0.4, 0.5) is 5.69 Å². The van der Waals surface area contributed by atoms with Crippen LogP contribution in [0, 0.1) is 0 Å². The second kappa shape index (κ2) is 9.97. The Morgan fingerprint density at radius 3 is 2.69 bits per heavy atom. The molecule has 0 saturated carbocycles. The molecule has 32 heavy (non-hydrogen) atoms. The number of fused-ring (bicyclic) bond motifs is 1. The molecule has 162 valence electrons. The maximum absolute atomic E-state index is 12.6. The summed E-state index contributed by atoms with van der Waals surface area (Å²) in [5.74, 6) is 0.424. The summed E-state index contributed by atoms with van der Waals surface area (Å²) in [7, 11) is 1.57. The number of carbonyl (C=O) groups is 2. The average molecular weight is 448 g/mol. The van der Waals surface area contributed by atoms with Gasteiger partial charge < -0.3 is 15.4 Å². The van der Waals surface area contributed by atoms with E-state index in [1.807, 2.05) is 30.3 Å². The van der Waals surface area contributed by atoms with Crippen LogP contribution in [-0.4, -0.2) is 39.3 Å². The largest absolute Gasteiger partial charge is 0.497 e. The van der Waals surface area contributed by atoms with E-state index in [1.54, 1.807) is 54.1 Å². The van der Waals surface area contributed by atoms with Crippen LogP contribution in [0.3, 0.4) is 0 Å². The molecule has 4 aromatic rings. The van der Waals surface area contributed by atoms with Gasteiger partial charge in [0.1, 0.15) is 5.75 Å². The molecular formula is C23H21N5O3S. The van der Waals surface area contributed by atoms with E-state index < -0.39 is 0 Å². The number of anilines is 1. The third-order valence-electron chi connectivity index (χ3n) is 4.61. The minimum absolute atomic E-state index is 0.141. The van der Waals surface area contributed by atoms with Crippen LogP contribution in [0.15, 0.2) is 78.1 Å². The molecule has 4 rings (SSSR count). The van der Waals surface area contributed by atoms with Gasteiger partial charge in [0, 0.05) is 24.5 Å². The molecule has 2 aromatic carbocycles. The Morgan fingerprint density at radius 2 is 1.88 bits per heavy atom. The first-order chi connectivity index (χ1) is 15.6. The number of nitrogens with zero attached hydrogens (tertiary/aromatic N) is 3. The zero-order chi connectivity index (χ0) is 22.3. The maximum atomic E-state index is 12.6. The van der Waals surface area contributed by atoms with Crippen molar-refractivity contribution >= 4 is 34.9 Å². The first kappa shape index (κ1) is 21.4. The van der Waals surface area contributed by atoms with Gasteiger partial charge in [-0.15, -0.1) is 10.2 Å². The SMILES string of the molecule is COc1cccc(NC(=O)CSc2nnc3ccc(C(=O)NCc4ccccc4)cn23)c1. The molecule has 0 atom stereocenters. The monoisotopic (exact) mass is 447 g/mol. The van der Waals surface area contributed by atoms with Crippen molar-refractivity contribution in [1.29, 1.82) is 0 Å². The molecule has 0 aliphatic rings. The van der Waals surface area contributed by atoms with Crippen LogP contribution in [0.25, 0.3) is 5.65 Å². The van der Waals surface area contributed by atoms with Crippen molar-refractivity contribution in [3.63, 3.8) is 0 Å². The van der Waals surface area contributed by atoms with Crippen molar-refractivity contribution < 1.29 is 14.3 Å². The highest BCUT2D eigenvalue weighted by Gasteiger charge is 2.13. The Kier molecular flexibility index (Phi) is 6.66. The van der Waals surface area contributed by atoms with Crippen LogP contribution in [-0.2, 0) is 11.3 Å². The van der Waals surface area contributed by atoms with Crippen molar-refractivity contribution in [2.24, 2.45) is 0 Å². The molecule has 0 spiro atoms. The lowest BCUT2D eigenvalue weighted by Crippen LogP contribution is -2.23. The van der Waals surface area contributed by atoms with E-state index >= 15 is 0 Å². The normalized spacial score (nSPS) is 10.7. The van der Waals surface area contributed by atoms with Crippen molar-refractivity contribution in [2.45, 2.75) is 11.7 Å². The zero-order valence-corrected chi connectivity index (χ0v) is 18.1. The predicted molar refractivity (Wildman–Crippen MR) is 123 cm³/mol. The predicted octanol–water partition coefficient (Wildman–Crippen LogP) is 3.40. The van der Waals surface area contributed by atoms with Crippen molar-refractivity contribution in [2.75, 3.05) is 18.2 Å². The molecule has 0 radical (unpaired) electrons. The number of hydrogen-bond donors (Lipinski definition) is 2. The Bertz CT molecular complexity index is 1240. The fourth-order valence-corrected chi connectivity index (χ4v) is 3.73. The molecule has 0 aliphatic heterocycles. The summed E-state index contributed by atoms with van der Waals surface area (Å²) < 4.78 is 6.87. The Balaban J connectivity index is 1.39. The maximum Gasteiger partial charge on any atom is 0.253 e. The molecule has 0 aliphatic carbocycles. The smallest absolute Gasteiger partial charge is 0.253 e. The highest BCUT2D eigenvalue weighted by Crippen LogP contribution is 2.20. The molecule has 2 amide bonds. The molecule has 0 fully saturated rings. The van der Waals surface area contributed by atoms with E-state index in [4.69, 9.17) is 4.74 Å². The first-order valence-electron chi connectivity index (χ1n) is 9.86. The molecule has 0 saturated heterocycles. The molecular weight excluding hydrogens is 426 g/mol. The van der Waals surface area contributed by atoms with Gasteiger partial charge in [0.25, 0.3) is 5.91 Å². The lowest BCUT2D eigenvalue weighted by molar-refractivity contribution is -0.113. The molecule has 2 heterocycles. The van der Waals surface area contributed by atoms with Crippen LogP contribution in [0.2, 0.25) is 0 Å². The van der Waals surface area contributed by atoms with E-state index in [-0.39, 0.29) is 17.6 Å². The highest BCUT2D eigenvalue weighted by atomic mass is 32.2. The van der Waals surface area contributed by atoms with Gasteiger partial charge in [-0.05, 0) is 29.8 Å². The Hall–Kier alpha value is -3.85. The summed E-state index contributed by atoms with van der Waals surface area (Å²) >= 11 is 1.24. The van der Waals surface area contributed by atoms with Gasteiger partial charge in [-0.25, -0.2) is 0 Å². The number of nitrogens with one attached hydrogen (secondary N) is 2. The fourth-order valence-electron chi connectivity index (χ4n) is 3.01. The van der Waals surface area contributed by atoms with Gasteiger partial charge >= 0.3 is 0 Å². The van der Waals surface area contributed by atoms with Gasteiger partial charge in [0.15, 0.2) is 10.8 Å². The zero-order valence-electron chi connectivity index (χ0n) is 17.3. The van der Waals surface area contributed by atoms with E-state index in [1.165, 1.54) is 11.8 Å². The number of aromatic nitrogens is 3. The van der Waals surface area contributed by atoms with E-state index in [0.717, 1.165) is 5.56 Å². The Morgan fingerprint density at radius 1 is 1.03 bits per heavy atom. The molecule has 8 nitrogen and oxygen atoms in total. The van der Waals surface area contributed by atoms with E-state index in [0.29, 0.717) is 34.3 Å². The summed E-state index contributed by atoms with van der Waals surface area (Å²) in [5, 5.41) is 14.5. The summed E-state index contributed by atoms with van der Waals surface area (Å²) in [6, 6.07) is 20.3. The van der Waals surface area contributed by atoms with Gasteiger partial charge in [-0.1, -0.05) is 48.2 Å². The van der Waals surface area contributed by atoms with Crippen molar-refractivity contribution in [3.8, 4) is 5.75 Å². The van der Waals surface area contributed by atoms with Gasteiger partial charge in [0.05, 0.1) is 18.4 Å². The average Bonchev–Trinajstić information content (AvgIpc) is 3.24. The highest BCUT2D eigenvalue weighted by molar-refractivity contribution is 7.99. The van der Waals surface area contributed by atoms with Crippen LogP contribution in [0.1, 0.15) is 15.9 Å². The minimum atomic E-state index is -0.198. The van der Waals surface area contributed by atoms with Gasteiger partial charge in [0.2, 0.25) is 5.91 Å². The summed E-state index contributed by atoms with van der Waals surface area (Å²) in [6.07, 6.45) is 1.68. The lowest BCUT2D eigenvalue weighted by Gasteiger charge is -2.07. The quantitative estimate of drug-likeness (QED) is 0.402. The second-order valence-corrected chi connectivity index (χ2v) is 7.81. The third kappa shape index (κ3) is 5.25. The fraction of sp³-hybridized carbons (Fsp3) is 0.130. The first-order valence-corrected chi connectivity index (χ1v) is 10.8. The number of amides is 2. The number of pyridine rings is 1. The summed E-state index contributed by atoms with van der Waals surface area (Å²) in [5.41, 5.74) is 2.75. The minimum Gasteiger partial charge on any atom is -0.497 e. The number of rotatable bonds is 8. The van der Waals surface area contributed by atoms with Crippen LogP contribution < -0.4 is 15.4 Å². The van der Waals surface area contributed by atoms with E-state index in [2.05, 4.69) is 20.8 Å². The third-order valence-corrected chi connectivity index (χ3v) is 5.56. The standard InChI is InChI=1S/C23H21N5O3S/c1-31-19-9-5-8-18(12-19)25-21(29)15-32-23-27-26-20-11-10-17(14-28(20)23)22(30)24-13-16-6-3-2-4-7-16/h2-12,14H,13,15H2,1H3,(H,24,30)(H,25,29). The molecule has 2 aromatic heterocycles.